The highest BCUT2D eigenvalue weighted by atomic mass is 79.9. The molecule has 64 heavy (non-hydrogen) atoms. The van der Waals surface area contributed by atoms with Crippen LogP contribution in [0, 0.1) is 12.3 Å². The topological polar surface area (TPSA) is 121 Å². The normalized spacial score (nSPS) is 20.4. The third-order valence-corrected chi connectivity index (χ3v) is 16.2. The minimum atomic E-state index is -0.708. The molecule has 2 amide bonds. The Morgan fingerprint density at radius 2 is 1.77 bits per heavy atom. The van der Waals surface area contributed by atoms with Gasteiger partial charge in [-0.1, -0.05) is 95.3 Å². The van der Waals surface area contributed by atoms with E-state index in [1.807, 2.05) is 45.3 Å². The van der Waals surface area contributed by atoms with Crippen molar-refractivity contribution in [3.63, 3.8) is 0 Å². The van der Waals surface area contributed by atoms with E-state index in [2.05, 4.69) is 84.2 Å². The van der Waals surface area contributed by atoms with Gasteiger partial charge in [0.25, 0.3) is 5.56 Å². The minimum Gasteiger partial charge on any atom is -0.391 e. The number of thiazole rings is 1. The molecule has 5 aromatic rings. The number of nitrogens with one attached hydrogen (secondary N) is 1. The summed E-state index contributed by atoms with van der Waals surface area (Å²) in [6, 6.07) is 20.7. The van der Waals surface area contributed by atoms with Crippen LogP contribution in [-0.2, 0) is 15.0 Å². The van der Waals surface area contributed by atoms with E-state index in [1.54, 1.807) is 16.2 Å². The highest BCUT2D eigenvalue weighted by molar-refractivity contribution is 9.10. The Bertz CT molecular complexity index is 2570. The summed E-state index contributed by atoms with van der Waals surface area (Å²) in [7, 11) is 0. The fourth-order valence-corrected chi connectivity index (χ4v) is 12.6. The molecule has 0 bridgehead atoms. The number of β-amino-alcohol motifs (C(OH)–C–C–N with tert-alkyl or cyclic N) is 1. The number of fused-ring (bicyclic) bond motifs is 7. The summed E-state index contributed by atoms with van der Waals surface area (Å²) in [5, 5.41) is 14.6. The second-order valence-corrected chi connectivity index (χ2v) is 21.9. The number of benzene rings is 3. The lowest BCUT2D eigenvalue weighted by Gasteiger charge is -2.35. The molecule has 3 aliphatic heterocycles. The van der Waals surface area contributed by atoms with E-state index in [1.165, 1.54) is 23.2 Å². The summed E-state index contributed by atoms with van der Waals surface area (Å²) in [6.07, 6.45) is 11.6. The van der Waals surface area contributed by atoms with Crippen molar-refractivity contribution in [2.45, 2.75) is 141 Å². The first-order chi connectivity index (χ1) is 30.8. The largest absolute Gasteiger partial charge is 0.391 e. The lowest BCUT2D eigenvalue weighted by molar-refractivity contribution is -0.140. The summed E-state index contributed by atoms with van der Waals surface area (Å²) in [4.78, 5) is 55.4. The van der Waals surface area contributed by atoms with E-state index >= 15 is 0 Å². The molecule has 3 aromatic carbocycles. The van der Waals surface area contributed by atoms with E-state index < -0.39 is 12.1 Å². The van der Waals surface area contributed by atoms with Gasteiger partial charge in [0.1, 0.15) is 11.9 Å². The average Bonchev–Trinajstić information content (AvgIpc) is 3.97. The molecule has 2 aromatic heterocycles. The SMILES string of the molecule is Cc1ncsc1-c1ccc([C@H](CCCCCN2CCC(c3ccc4c(c3)C3(CCCCC3)c3nc(=O)c5c(Br)cccc5n3-4)CC2)NC(=O)[C@@H]2C[C@@H](O)CN2C(=O)CC(C)(C)C)cc1. The zero-order valence-corrected chi connectivity index (χ0v) is 40.3. The summed E-state index contributed by atoms with van der Waals surface area (Å²) >= 11 is 5.27. The van der Waals surface area contributed by atoms with Gasteiger partial charge >= 0.3 is 0 Å². The van der Waals surface area contributed by atoms with E-state index in [0.717, 1.165) is 121 Å². The molecule has 2 saturated heterocycles. The highest BCUT2D eigenvalue weighted by Gasteiger charge is 2.47. The fraction of sp³-hybridized carbons (Fsp3) is 0.519. The van der Waals surface area contributed by atoms with Gasteiger partial charge in [0.2, 0.25) is 11.8 Å². The Labute approximate surface area is 390 Å². The van der Waals surface area contributed by atoms with Crippen molar-refractivity contribution < 1.29 is 14.7 Å². The molecule has 0 radical (unpaired) electrons. The van der Waals surface area contributed by atoms with Crippen molar-refractivity contribution in [3.8, 4) is 16.1 Å². The van der Waals surface area contributed by atoms with Crippen LogP contribution >= 0.6 is 27.3 Å². The smallest absolute Gasteiger partial charge is 0.281 e. The molecule has 1 aliphatic carbocycles. The number of rotatable bonds is 12. The predicted octanol–water partition coefficient (Wildman–Crippen LogP) is 10.1. The molecule has 1 saturated carbocycles. The predicted molar refractivity (Wildman–Crippen MR) is 259 cm³/mol. The number of aliphatic hydroxyl groups excluding tert-OH is 1. The maximum absolute atomic E-state index is 14.0. The van der Waals surface area contributed by atoms with Gasteiger partial charge in [-0.2, -0.15) is 4.98 Å². The molecule has 9 rings (SSSR count). The maximum Gasteiger partial charge on any atom is 0.281 e. The third-order valence-electron chi connectivity index (χ3n) is 14.5. The maximum atomic E-state index is 14.0. The number of likely N-dealkylation sites (tertiary alicyclic amines) is 2. The number of halogens is 1. The quantitative estimate of drug-likeness (QED) is 0.120. The fourth-order valence-electron chi connectivity index (χ4n) is 11.2. The van der Waals surface area contributed by atoms with Gasteiger partial charge in [-0.3, -0.25) is 19.0 Å². The zero-order valence-electron chi connectivity index (χ0n) is 37.9. The van der Waals surface area contributed by atoms with Gasteiger partial charge in [-0.25, -0.2) is 4.98 Å². The van der Waals surface area contributed by atoms with Crippen LogP contribution in [-0.4, -0.2) is 79.6 Å². The molecular formula is C52H63BrN6O4S. The second-order valence-electron chi connectivity index (χ2n) is 20.2. The van der Waals surface area contributed by atoms with E-state index in [0.29, 0.717) is 17.7 Å². The number of hydrogen-bond acceptors (Lipinski definition) is 8. The van der Waals surface area contributed by atoms with Gasteiger partial charge < -0.3 is 20.2 Å². The van der Waals surface area contributed by atoms with E-state index in [4.69, 9.17) is 4.98 Å². The number of carbonyl (C=O) groups excluding carboxylic acids is 2. The van der Waals surface area contributed by atoms with Crippen molar-refractivity contribution in [2.75, 3.05) is 26.2 Å². The number of carbonyl (C=O) groups is 2. The molecule has 338 valence electrons. The molecule has 3 fully saturated rings. The molecule has 4 aliphatic rings. The number of aromatic nitrogens is 3. The Kier molecular flexibility index (Phi) is 13.0. The van der Waals surface area contributed by atoms with E-state index in [-0.39, 0.29) is 47.2 Å². The molecule has 2 N–H and O–H groups in total. The van der Waals surface area contributed by atoms with Crippen LogP contribution in [0.2, 0.25) is 0 Å². The van der Waals surface area contributed by atoms with Crippen molar-refractivity contribution in [2.24, 2.45) is 5.41 Å². The Balaban J connectivity index is 0.828. The lowest BCUT2D eigenvalue weighted by atomic mass is 9.69. The molecule has 0 unspecified atom stereocenters. The van der Waals surface area contributed by atoms with Gasteiger partial charge in [-0.05, 0) is 133 Å². The van der Waals surface area contributed by atoms with Crippen LogP contribution in [0.25, 0.3) is 27.0 Å². The lowest BCUT2D eigenvalue weighted by Crippen LogP contribution is -2.47. The number of aliphatic hydroxyl groups is 1. The molecule has 3 atom stereocenters. The van der Waals surface area contributed by atoms with Crippen molar-refractivity contribution in [1.29, 1.82) is 0 Å². The summed E-state index contributed by atoms with van der Waals surface area (Å²) in [5.74, 6) is 1.16. The molecule has 12 heteroatoms. The van der Waals surface area contributed by atoms with Crippen LogP contribution < -0.4 is 10.9 Å². The van der Waals surface area contributed by atoms with Crippen LogP contribution in [0.1, 0.15) is 144 Å². The van der Waals surface area contributed by atoms with Crippen molar-refractivity contribution >= 4 is 50.0 Å². The van der Waals surface area contributed by atoms with Crippen LogP contribution in [0.4, 0.5) is 0 Å². The number of nitrogens with zero attached hydrogens (tertiary/aromatic N) is 5. The Morgan fingerprint density at radius 3 is 2.48 bits per heavy atom. The number of amides is 2. The first-order valence-corrected chi connectivity index (χ1v) is 25.3. The van der Waals surface area contributed by atoms with Gasteiger partial charge in [0.05, 0.1) is 50.2 Å². The van der Waals surface area contributed by atoms with Crippen LogP contribution in [0.5, 0.6) is 0 Å². The average molecular weight is 948 g/mol. The molecule has 1 spiro atoms. The number of piperidine rings is 1. The standard InChI is InChI=1S/C52H63BrN6O4S/c1-33-47(64-32-54-33)36-17-15-35(16-18-36)41(55-48(62)44-29-38(60)31-58(44)45(61)30-51(2,3)4)13-7-5-10-25-57-26-21-34(22-27-57)37-19-20-42-39(28-37)52(23-8-6-9-24-52)50-56-49(63)46-40(53)12-11-14-43(46)59(42)50/h11-12,14-20,28,32,34,38,41,44,60H,5-10,13,21-27,29-31H2,1-4H3,(H,55,62)/t38-,41+,44+/m1/s1. The molecule has 5 heterocycles. The van der Waals surface area contributed by atoms with Gasteiger partial charge in [0.15, 0.2) is 0 Å². The summed E-state index contributed by atoms with van der Waals surface area (Å²) in [6.45, 7) is 11.5. The monoisotopic (exact) mass is 946 g/mol. The number of unbranched alkanes of at least 4 members (excludes halogenated alkanes) is 2. The van der Waals surface area contributed by atoms with Crippen molar-refractivity contribution in [1.82, 2.24) is 29.7 Å². The van der Waals surface area contributed by atoms with Crippen molar-refractivity contribution in [3.05, 3.63) is 109 Å². The van der Waals surface area contributed by atoms with Gasteiger partial charge in [0, 0.05) is 23.9 Å². The van der Waals surface area contributed by atoms with Crippen LogP contribution in [0.15, 0.2) is 75.4 Å². The molecular weight excluding hydrogens is 885 g/mol. The van der Waals surface area contributed by atoms with Gasteiger partial charge in [-0.15, -0.1) is 11.3 Å². The zero-order chi connectivity index (χ0) is 44.8. The Hall–Kier alpha value is -4.23. The highest BCUT2D eigenvalue weighted by Crippen LogP contribution is 2.52. The minimum absolute atomic E-state index is 0.0841. The van der Waals surface area contributed by atoms with E-state index in [9.17, 15) is 19.5 Å². The number of hydrogen-bond donors (Lipinski definition) is 2. The van der Waals surface area contributed by atoms with Crippen LogP contribution in [0.3, 0.4) is 0 Å². The third kappa shape index (κ3) is 9.01. The number of aryl methyl sites for hydroxylation is 1. The Morgan fingerprint density at radius 1 is 1.00 bits per heavy atom. The molecule has 10 nitrogen and oxygen atoms in total. The summed E-state index contributed by atoms with van der Waals surface area (Å²) < 4.78 is 3.08. The summed E-state index contributed by atoms with van der Waals surface area (Å²) in [5.41, 5.74) is 9.37. The first-order valence-electron chi connectivity index (χ1n) is 23.7. The second kappa shape index (κ2) is 18.6. The first kappa shape index (κ1) is 44.9.